The van der Waals surface area contributed by atoms with E-state index < -0.39 is 16.0 Å². The number of carboxylic acid groups (broad SMARTS) is 1. The molecule has 6 nitrogen and oxygen atoms in total. The minimum Gasteiger partial charge on any atom is -0.478 e. The van der Waals surface area contributed by atoms with Crippen LogP contribution in [-0.2, 0) is 21.3 Å². The Morgan fingerprint density at radius 3 is 2.74 bits per heavy atom. The SMILES string of the molecule is CCc1ccc(C(=O)O)cc1S(=O)(=O)N1CCCO1. The molecule has 0 bridgehead atoms. The fourth-order valence-electron chi connectivity index (χ4n) is 1.94. The highest BCUT2D eigenvalue weighted by atomic mass is 32.2. The molecule has 0 aliphatic carbocycles. The maximum absolute atomic E-state index is 12.4. The Labute approximate surface area is 111 Å². The molecule has 1 heterocycles. The number of hydroxylamine groups is 1. The molecule has 1 aliphatic rings. The molecule has 1 aromatic rings. The Bertz CT molecular complexity index is 590. The number of rotatable bonds is 4. The number of benzene rings is 1. The van der Waals surface area contributed by atoms with Crippen molar-refractivity contribution in [1.82, 2.24) is 4.47 Å². The summed E-state index contributed by atoms with van der Waals surface area (Å²) in [4.78, 5) is 16.0. The van der Waals surface area contributed by atoms with Crippen LogP contribution in [0.3, 0.4) is 0 Å². The molecule has 0 saturated carbocycles. The summed E-state index contributed by atoms with van der Waals surface area (Å²) in [6, 6.07) is 4.13. The second-order valence-corrected chi connectivity index (χ2v) is 6.00. The summed E-state index contributed by atoms with van der Waals surface area (Å²) in [6.45, 7) is 2.47. The summed E-state index contributed by atoms with van der Waals surface area (Å²) in [5.74, 6) is -1.15. The highest BCUT2D eigenvalue weighted by Crippen LogP contribution is 2.25. The van der Waals surface area contributed by atoms with E-state index in [0.717, 1.165) is 4.47 Å². The lowest BCUT2D eigenvalue weighted by Crippen LogP contribution is -2.28. The Kier molecular flexibility index (Phi) is 3.88. The maximum Gasteiger partial charge on any atom is 0.335 e. The minimum absolute atomic E-state index is 0.0109. The first-order chi connectivity index (χ1) is 8.96. The molecule has 0 unspecified atom stereocenters. The topological polar surface area (TPSA) is 83.9 Å². The second kappa shape index (κ2) is 5.28. The van der Waals surface area contributed by atoms with Crippen LogP contribution in [0, 0.1) is 0 Å². The largest absolute Gasteiger partial charge is 0.478 e. The number of carbonyl (C=O) groups is 1. The van der Waals surface area contributed by atoms with Crippen LogP contribution in [-0.4, -0.2) is 37.1 Å². The molecule has 104 valence electrons. The van der Waals surface area contributed by atoms with E-state index in [0.29, 0.717) is 31.6 Å². The van der Waals surface area contributed by atoms with Crippen LogP contribution in [0.4, 0.5) is 0 Å². The van der Waals surface area contributed by atoms with Crippen molar-refractivity contribution in [3.8, 4) is 0 Å². The molecule has 1 fully saturated rings. The number of hydrogen-bond donors (Lipinski definition) is 1. The van der Waals surface area contributed by atoms with Gasteiger partial charge in [-0.3, -0.25) is 4.84 Å². The lowest BCUT2D eigenvalue weighted by molar-refractivity contribution is -0.0285. The zero-order valence-corrected chi connectivity index (χ0v) is 11.3. The third-order valence-corrected chi connectivity index (χ3v) is 4.72. The highest BCUT2D eigenvalue weighted by Gasteiger charge is 2.31. The van der Waals surface area contributed by atoms with Gasteiger partial charge in [-0.05, 0) is 30.5 Å². The third kappa shape index (κ3) is 2.63. The van der Waals surface area contributed by atoms with Gasteiger partial charge in [-0.2, -0.15) is 0 Å². The van der Waals surface area contributed by atoms with Crippen LogP contribution in [0.2, 0.25) is 0 Å². The number of hydrogen-bond acceptors (Lipinski definition) is 4. The van der Waals surface area contributed by atoms with Crippen LogP contribution in [0.1, 0.15) is 29.3 Å². The standard InChI is InChI=1S/C12H15NO5S/c1-2-9-4-5-10(12(14)15)8-11(9)19(16,17)13-6-3-7-18-13/h4-5,8H,2-3,6-7H2,1H3,(H,14,15). The van der Waals surface area contributed by atoms with E-state index in [4.69, 9.17) is 9.94 Å². The van der Waals surface area contributed by atoms with Gasteiger partial charge in [0, 0.05) is 6.54 Å². The summed E-state index contributed by atoms with van der Waals surface area (Å²) in [5.41, 5.74) is 0.537. The van der Waals surface area contributed by atoms with Crippen LogP contribution < -0.4 is 0 Å². The van der Waals surface area contributed by atoms with Crippen molar-refractivity contribution in [3.63, 3.8) is 0 Å². The van der Waals surface area contributed by atoms with Crippen LogP contribution in [0.25, 0.3) is 0 Å². The normalized spacial score (nSPS) is 16.7. The summed E-state index contributed by atoms with van der Waals surface area (Å²) in [7, 11) is -3.79. The molecule has 2 rings (SSSR count). The monoisotopic (exact) mass is 285 g/mol. The number of nitrogens with zero attached hydrogens (tertiary/aromatic N) is 1. The van der Waals surface area contributed by atoms with Gasteiger partial charge in [0.05, 0.1) is 17.1 Å². The van der Waals surface area contributed by atoms with E-state index in [1.165, 1.54) is 18.2 Å². The smallest absolute Gasteiger partial charge is 0.335 e. The predicted molar refractivity (Wildman–Crippen MR) is 67.2 cm³/mol. The first kappa shape index (κ1) is 14.0. The van der Waals surface area contributed by atoms with Gasteiger partial charge in [-0.15, -0.1) is 0 Å². The third-order valence-electron chi connectivity index (χ3n) is 2.96. The van der Waals surface area contributed by atoms with E-state index in [-0.39, 0.29) is 10.5 Å². The van der Waals surface area contributed by atoms with Crippen molar-refractivity contribution in [1.29, 1.82) is 0 Å². The predicted octanol–water partition coefficient (Wildman–Crippen LogP) is 1.27. The fraction of sp³-hybridized carbons (Fsp3) is 0.417. The van der Waals surface area contributed by atoms with E-state index in [9.17, 15) is 13.2 Å². The lowest BCUT2D eigenvalue weighted by atomic mass is 10.1. The van der Waals surface area contributed by atoms with Gasteiger partial charge in [0.15, 0.2) is 0 Å². The Morgan fingerprint density at radius 1 is 1.47 bits per heavy atom. The summed E-state index contributed by atoms with van der Waals surface area (Å²) < 4.78 is 25.7. The van der Waals surface area contributed by atoms with Gasteiger partial charge in [0.25, 0.3) is 10.0 Å². The molecule has 1 N–H and O–H groups in total. The fourth-order valence-corrected chi connectivity index (χ4v) is 3.57. The molecule has 7 heteroatoms. The van der Waals surface area contributed by atoms with Gasteiger partial charge >= 0.3 is 5.97 Å². The number of aryl methyl sites for hydroxylation is 1. The van der Waals surface area contributed by atoms with Gasteiger partial charge in [-0.25, -0.2) is 13.2 Å². The van der Waals surface area contributed by atoms with Crippen molar-refractivity contribution in [3.05, 3.63) is 29.3 Å². The number of carboxylic acids is 1. The molecular weight excluding hydrogens is 270 g/mol. The molecule has 0 amide bonds. The van der Waals surface area contributed by atoms with Crippen LogP contribution in [0.5, 0.6) is 0 Å². The van der Waals surface area contributed by atoms with Gasteiger partial charge in [0.2, 0.25) is 0 Å². The van der Waals surface area contributed by atoms with E-state index in [2.05, 4.69) is 0 Å². The Balaban J connectivity index is 2.52. The molecule has 0 spiro atoms. The second-order valence-electron chi connectivity index (χ2n) is 4.20. The molecule has 1 saturated heterocycles. The van der Waals surface area contributed by atoms with Crippen molar-refractivity contribution >= 4 is 16.0 Å². The molecule has 1 aromatic carbocycles. The highest BCUT2D eigenvalue weighted by molar-refractivity contribution is 7.89. The molecular formula is C12H15NO5S. The quantitative estimate of drug-likeness (QED) is 0.900. The molecule has 0 aromatic heterocycles. The zero-order valence-electron chi connectivity index (χ0n) is 10.5. The zero-order chi connectivity index (χ0) is 14.0. The van der Waals surface area contributed by atoms with Crippen molar-refractivity contribution in [2.24, 2.45) is 0 Å². The first-order valence-electron chi connectivity index (χ1n) is 5.98. The molecule has 0 atom stereocenters. The average Bonchev–Trinajstić information content (AvgIpc) is 2.92. The summed E-state index contributed by atoms with van der Waals surface area (Å²) in [6.07, 6.45) is 1.14. The maximum atomic E-state index is 12.4. The summed E-state index contributed by atoms with van der Waals surface area (Å²) >= 11 is 0. The number of sulfonamides is 1. The van der Waals surface area contributed by atoms with Crippen molar-refractivity contribution in [2.75, 3.05) is 13.2 Å². The van der Waals surface area contributed by atoms with Crippen LogP contribution >= 0.6 is 0 Å². The van der Waals surface area contributed by atoms with Crippen molar-refractivity contribution in [2.45, 2.75) is 24.7 Å². The molecule has 1 aliphatic heterocycles. The van der Waals surface area contributed by atoms with E-state index >= 15 is 0 Å². The van der Waals surface area contributed by atoms with Gasteiger partial charge in [0.1, 0.15) is 0 Å². The number of aromatic carboxylic acids is 1. The van der Waals surface area contributed by atoms with Crippen LogP contribution in [0.15, 0.2) is 23.1 Å². The Hall–Kier alpha value is -1.44. The summed E-state index contributed by atoms with van der Waals surface area (Å²) in [5, 5.41) is 8.96. The van der Waals surface area contributed by atoms with E-state index in [1.54, 1.807) is 0 Å². The molecule has 19 heavy (non-hydrogen) atoms. The molecule has 0 radical (unpaired) electrons. The average molecular weight is 285 g/mol. The lowest BCUT2D eigenvalue weighted by Gasteiger charge is -2.17. The van der Waals surface area contributed by atoms with Gasteiger partial charge in [-0.1, -0.05) is 17.5 Å². The van der Waals surface area contributed by atoms with Gasteiger partial charge < -0.3 is 5.11 Å². The van der Waals surface area contributed by atoms with E-state index in [1.807, 2.05) is 6.92 Å². The van der Waals surface area contributed by atoms with Crippen molar-refractivity contribution < 1.29 is 23.2 Å². The minimum atomic E-state index is -3.79. The Morgan fingerprint density at radius 2 is 2.21 bits per heavy atom. The first-order valence-corrected chi connectivity index (χ1v) is 7.42.